The highest BCUT2D eigenvalue weighted by Gasteiger charge is 2.46. The third-order valence-corrected chi connectivity index (χ3v) is 5.74. The Hall–Kier alpha value is -1.10. The van der Waals surface area contributed by atoms with Crippen molar-refractivity contribution in [3.8, 4) is 0 Å². The molecule has 0 aromatic rings. The molecule has 5 heteroatoms. The molecule has 3 unspecified atom stereocenters. The molecule has 120 valence electrons. The van der Waals surface area contributed by atoms with Crippen LogP contribution in [0.3, 0.4) is 0 Å². The molecule has 0 saturated heterocycles. The van der Waals surface area contributed by atoms with Gasteiger partial charge in [-0.3, -0.25) is 9.59 Å². The lowest BCUT2D eigenvalue weighted by Gasteiger charge is -2.46. The Bertz CT molecular complexity index is 418. The zero-order valence-corrected chi connectivity index (χ0v) is 13.6. The number of amides is 1. The van der Waals surface area contributed by atoms with Gasteiger partial charge in [-0.1, -0.05) is 20.8 Å². The quantitative estimate of drug-likeness (QED) is 0.810. The smallest absolute Gasteiger partial charge is 0.307 e. The number of carboxylic acid groups (broad SMARTS) is 1. The second kappa shape index (κ2) is 5.95. The minimum atomic E-state index is -0.699. The van der Waals surface area contributed by atoms with Gasteiger partial charge in [0.2, 0.25) is 5.91 Å². The molecular weight excluding hydrogens is 268 g/mol. The Kier molecular flexibility index (Phi) is 4.61. The van der Waals surface area contributed by atoms with Crippen molar-refractivity contribution >= 4 is 11.9 Å². The molecule has 0 radical (unpaired) electrons. The van der Waals surface area contributed by atoms with Crippen molar-refractivity contribution in [2.24, 2.45) is 17.3 Å². The molecule has 1 amide bonds. The molecular formula is C16H28N2O3. The van der Waals surface area contributed by atoms with Gasteiger partial charge in [-0.15, -0.1) is 0 Å². The Balaban J connectivity index is 1.89. The zero-order chi connectivity index (χ0) is 15.8. The molecule has 0 spiro atoms. The minimum absolute atomic E-state index is 0.142. The van der Waals surface area contributed by atoms with E-state index in [9.17, 15) is 14.7 Å². The third-order valence-electron chi connectivity index (χ3n) is 5.74. The van der Waals surface area contributed by atoms with E-state index in [-0.39, 0.29) is 29.2 Å². The monoisotopic (exact) mass is 296 g/mol. The summed E-state index contributed by atoms with van der Waals surface area (Å²) in [4.78, 5) is 25.3. The first-order valence-electron chi connectivity index (χ1n) is 7.97. The first kappa shape index (κ1) is 16.3. The van der Waals surface area contributed by atoms with Crippen LogP contribution in [-0.2, 0) is 9.59 Å². The largest absolute Gasteiger partial charge is 0.481 e. The molecule has 2 rings (SSSR count). The minimum Gasteiger partial charge on any atom is -0.481 e. The highest BCUT2D eigenvalue weighted by Crippen LogP contribution is 2.45. The van der Waals surface area contributed by atoms with Gasteiger partial charge in [0, 0.05) is 19.1 Å². The molecule has 0 aromatic carbocycles. The standard InChI is InChI=1S/C16H28N2O3/c1-10-13(8-7-12(15(20)21)16(10,2)3)17-9-14(19)18(4)11-5-6-11/h10-13,17H,5-9H2,1-4H3,(H,20,21). The van der Waals surface area contributed by atoms with Gasteiger partial charge in [-0.05, 0) is 37.0 Å². The maximum absolute atomic E-state index is 12.1. The fourth-order valence-electron chi connectivity index (χ4n) is 3.53. The Morgan fingerprint density at radius 1 is 1.24 bits per heavy atom. The summed E-state index contributed by atoms with van der Waals surface area (Å²) < 4.78 is 0. The van der Waals surface area contributed by atoms with Crippen LogP contribution in [0.15, 0.2) is 0 Å². The molecule has 2 N–H and O–H groups in total. The van der Waals surface area contributed by atoms with E-state index in [0.717, 1.165) is 19.3 Å². The number of rotatable bonds is 5. The molecule has 2 saturated carbocycles. The predicted molar refractivity (Wildman–Crippen MR) is 80.9 cm³/mol. The number of aliphatic carboxylic acids is 1. The van der Waals surface area contributed by atoms with Crippen molar-refractivity contribution < 1.29 is 14.7 Å². The van der Waals surface area contributed by atoms with Crippen molar-refractivity contribution in [2.45, 2.75) is 58.5 Å². The Labute approximate surface area is 127 Å². The van der Waals surface area contributed by atoms with Crippen LogP contribution < -0.4 is 5.32 Å². The number of carboxylic acids is 1. The molecule has 2 fully saturated rings. The molecule has 0 aromatic heterocycles. The number of hydrogen-bond acceptors (Lipinski definition) is 3. The third kappa shape index (κ3) is 3.39. The first-order chi connectivity index (χ1) is 9.75. The van der Waals surface area contributed by atoms with Crippen molar-refractivity contribution in [2.75, 3.05) is 13.6 Å². The topological polar surface area (TPSA) is 69.6 Å². The van der Waals surface area contributed by atoms with E-state index < -0.39 is 5.97 Å². The van der Waals surface area contributed by atoms with Crippen molar-refractivity contribution in [3.05, 3.63) is 0 Å². The highest BCUT2D eigenvalue weighted by atomic mass is 16.4. The molecule has 5 nitrogen and oxygen atoms in total. The summed E-state index contributed by atoms with van der Waals surface area (Å²) >= 11 is 0. The summed E-state index contributed by atoms with van der Waals surface area (Å²) in [6.07, 6.45) is 3.74. The number of carbonyl (C=O) groups excluding carboxylic acids is 1. The summed E-state index contributed by atoms with van der Waals surface area (Å²) in [6.45, 7) is 6.52. The average molecular weight is 296 g/mol. The summed E-state index contributed by atoms with van der Waals surface area (Å²) in [7, 11) is 1.87. The first-order valence-corrected chi connectivity index (χ1v) is 7.97. The summed E-state index contributed by atoms with van der Waals surface area (Å²) in [5, 5.41) is 12.7. The second-order valence-electron chi connectivity index (χ2n) is 7.30. The normalized spacial score (nSPS) is 31.7. The van der Waals surface area contributed by atoms with E-state index in [1.54, 1.807) is 0 Å². The Morgan fingerprint density at radius 3 is 2.38 bits per heavy atom. The lowest BCUT2D eigenvalue weighted by Crippen LogP contribution is -2.52. The van der Waals surface area contributed by atoms with Gasteiger partial charge in [0.05, 0.1) is 12.5 Å². The summed E-state index contributed by atoms with van der Waals surface area (Å²) in [5.41, 5.74) is -0.257. The molecule has 3 atom stereocenters. The van der Waals surface area contributed by atoms with Crippen molar-refractivity contribution in [3.63, 3.8) is 0 Å². The van der Waals surface area contributed by atoms with E-state index in [1.165, 1.54) is 0 Å². The highest BCUT2D eigenvalue weighted by molar-refractivity contribution is 5.78. The molecule has 2 aliphatic rings. The van der Waals surface area contributed by atoms with Crippen LogP contribution in [0, 0.1) is 17.3 Å². The van der Waals surface area contributed by atoms with Crippen LogP contribution in [0.25, 0.3) is 0 Å². The lowest BCUT2D eigenvalue weighted by molar-refractivity contribution is -0.150. The molecule has 0 heterocycles. The molecule has 0 bridgehead atoms. The predicted octanol–water partition coefficient (Wildman–Crippen LogP) is 1.72. The number of nitrogens with zero attached hydrogens (tertiary/aromatic N) is 1. The number of hydrogen-bond donors (Lipinski definition) is 2. The fourth-order valence-corrected chi connectivity index (χ4v) is 3.53. The van der Waals surface area contributed by atoms with Gasteiger partial charge in [-0.2, -0.15) is 0 Å². The van der Waals surface area contributed by atoms with Crippen LogP contribution in [0.2, 0.25) is 0 Å². The SMILES string of the molecule is CC1C(NCC(=O)N(C)C2CC2)CCC(C(=O)O)C1(C)C. The van der Waals surface area contributed by atoms with Crippen LogP contribution in [0.1, 0.15) is 46.5 Å². The van der Waals surface area contributed by atoms with Crippen LogP contribution in [0.4, 0.5) is 0 Å². The van der Waals surface area contributed by atoms with Gasteiger partial charge >= 0.3 is 5.97 Å². The van der Waals surface area contributed by atoms with Crippen LogP contribution in [0.5, 0.6) is 0 Å². The summed E-state index contributed by atoms with van der Waals surface area (Å²) in [6, 6.07) is 0.656. The maximum atomic E-state index is 12.1. The van der Waals surface area contributed by atoms with Gasteiger partial charge < -0.3 is 15.3 Å². The van der Waals surface area contributed by atoms with Gasteiger partial charge in [0.1, 0.15) is 0 Å². The van der Waals surface area contributed by atoms with Crippen molar-refractivity contribution in [1.82, 2.24) is 10.2 Å². The van der Waals surface area contributed by atoms with Crippen LogP contribution in [-0.4, -0.2) is 47.6 Å². The van der Waals surface area contributed by atoms with Gasteiger partial charge in [0.25, 0.3) is 0 Å². The number of nitrogens with one attached hydrogen (secondary N) is 1. The maximum Gasteiger partial charge on any atom is 0.307 e. The average Bonchev–Trinajstić information content (AvgIpc) is 3.23. The molecule has 21 heavy (non-hydrogen) atoms. The zero-order valence-electron chi connectivity index (χ0n) is 13.6. The lowest BCUT2D eigenvalue weighted by atomic mass is 9.61. The molecule has 2 aliphatic carbocycles. The molecule has 0 aliphatic heterocycles. The number of likely N-dealkylation sites (N-methyl/N-ethyl adjacent to an activating group) is 1. The second-order valence-corrected chi connectivity index (χ2v) is 7.30. The van der Waals surface area contributed by atoms with E-state index in [4.69, 9.17) is 0 Å². The number of carbonyl (C=O) groups is 2. The van der Waals surface area contributed by atoms with Gasteiger partial charge in [0.15, 0.2) is 0 Å². The Morgan fingerprint density at radius 2 is 1.86 bits per heavy atom. The van der Waals surface area contributed by atoms with E-state index in [2.05, 4.69) is 12.2 Å². The fraction of sp³-hybridized carbons (Fsp3) is 0.875. The summed E-state index contributed by atoms with van der Waals surface area (Å²) in [5.74, 6) is -0.625. The van der Waals surface area contributed by atoms with Crippen LogP contribution >= 0.6 is 0 Å². The van der Waals surface area contributed by atoms with E-state index in [1.807, 2.05) is 25.8 Å². The van der Waals surface area contributed by atoms with E-state index >= 15 is 0 Å². The van der Waals surface area contributed by atoms with Gasteiger partial charge in [-0.25, -0.2) is 0 Å². The van der Waals surface area contributed by atoms with Crippen molar-refractivity contribution in [1.29, 1.82) is 0 Å². The van der Waals surface area contributed by atoms with E-state index in [0.29, 0.717) is 19.0 Å².